The molecule has 0 radical (unpaired) electrons. The first kappa shape index (κ1) is 12.5. The van der Waals surface area contributed by atoms with Crippen LogP contribution in [0.15, 0.2) is 23.0 Å². The van der Waals surface area contributed by atoms with E-state index in [-0.39, 0.29) is 5.69 Å². The molecule has 4 nitrogen and oxygen atoms in total. The van der Waals surface area contributed by atoms with E-state index in [2.05, 4.69) is 16.9 Å². The fourth-order valence-electron chi connectivity index (χ4n) is 3.11. The largest absolute Gasteiger partial charge is 0.388 e. The summed E-state index contributed by atoms with van der Waals surface area (Å²) >= 11 is 0. The Balaban J connectivity index is 1.84. The lowest BCUT2D eigenvalue weighted by Gasteiger charge is -2.30. The van der Waals surface area contributed by atoms with E-state index < -0.39 is 6.10 Å². The summed E-state index contributed by atoms with van der Waals surface area (Å²) in [5, 5.41) is 10.5. The number of fused-ring (bicyclic) bond motifs is 1. The van der Waals surface area contributed by atoms with E-state index in [1.165, 1.54) is 12.8 Å². The van der Waals surface area contributed by atoms with Crippen molar-refractivity contribution in [1.82, 2.24) is 9.97 Å². The number of hydrogen-bond donors (Lipinski definition) is 3. The molecule has 1 aromatic carbocycles. The van der Waals surface area contributed by atoms with Gasteiger partial charge in [-0.05, 0) is 42.4 Å². The second-order valence-corrected chi connectivity index (χ2v) is 5.85. The number of benzene rings is 1. The molecular weight excluding hydrogens is 240 g/mol. The average molecular weight is 260 g/mol. The molecule has 0 bridgehead atoms. The van der Waals surface area contributed by atoms with Crippen LogP contribution in [0.3, 0.4) is 0 Å². The van der Waals surface area contributed by atoms with Crippen LogP contribution in [-0.4, -0.2) is 15.1 Å². The molecule has 1 fully saturated rings. The first-order valence-electron chi connectivity index (χ1n) is 7.03. The molecule has 1 unspecified atom stereocenters. The van der Waals surface area contributed by atoms with Crippen molar-refractivity contribution in [3.8, 4) is 0 Å². The van der Waals surface area contributed by atoms with Gasteiger partial charge in [0.15, 0.2) is 0 Å². The topological polar surface area (TPSA) is 68.9 Å². The van der Waals surface area contributed by atoms with Crippen LogP contribution in [0.1, 0.15) is 44.3 Å². The van der Waals surface area contributed by atoms with Crippen molar-refractivity contribution >= 4 is 11.0 Å². The van der Waals surface area contributed by atoms with E-state index >= 15 is 0 Å². The highest BCUT2D eigenvalue weighted by atomic mass is 16.3. The van der Waals surface area contributed by atoms with Crippen molar-refractivity contribution < 1.29 is 5.11 Å². The maximum Gasteiger partial charge on any atom is 0.323 e. The second kappa shape index (κ2) is 4.85. The minimum absolute atomic E-state index is 0.201. The molecule has 3 N–H and O–H groups in total. The van der Waals surface area contributed by atoms with Crippen LogP contribution >= 0.6 is 0 Å². The lowest BCUT2D eigenvalue weighted by atomic mass is 9.78. The van der Waals surface area contributed by atoms with Crippen LogP contribution in [0.4, 0.5) is 0 Å². The molecule has 1 heterocycles. The van der Waals surface area contributed by atoms with Gasteiger partial charge in [-0.1, -0.05) is 25.8 Å². The molecule has 0 amide bonds. The zero-order chi connectivity index (χ0) is 13.4. The first-order valence-corrected chi connectivity index (χ1v) is 7.03. The van der Waals surface area contributed by atoms with Gasteiger partial charge in [-0.25, -0.2) is 4.79 Å². The quantitative estimate of drug-likeness (QED) is 0.777. The lowest BCUT2D eigenvalue weighted by Crippen LogP contribution is -2.19. The fourth-order valence-corrected chi connectivity index (χ4v) is 3.11. The molecule has 1 aliphatic rings. The number of aromatic nitrogens is 2. The summed E-state index contributed by atoms with van der Waals surface area (Å²) in [5.74, 6) is 1.13. The van der Waals surface area contributed by atoms with Crippen LogP contribution in [0.2, 0.25) is 0 Å². The number of rotatable bonds is 2. The Morgan fingerprint density at radius 2 is 1.84 bits per heavy atom. The predicted molar refractivity (Wildman–Crippen MR) is 75.0 cm³/mol. The van der Waals surface area contributed by atoms with Crippen LogP contribution < -0.4 is 5.69 Å². The highest BCUT2D eigenvalue weighted by molar-refractivity contribution is 5.75. The SMILES string of the molecule is CC1CCC(C(O)c2ccc3[nH]c(=O)[nH]c3c2)CC1. The second-order valence-electron chi connectivity index (χ2n) is 5.85. The number of aliphatic hydroxyl groups excluding tert-OH is 1. The molecule has 102 valence electrons. The molecule has 0 spiro atoms. The number of imidazole rings is 1. The molecule has 0 aliphatic heterocycles. The van der Waals surface area contributed by atoms with E-state index in [1.54, 1.807) is 0 Å². The van der Waals surface area contributed by atoms with Gasteiger partial charge in [-0.3, -0.25) is 0 Å². The molecule has 1 atom stereocenters. The Bertz CT molecular complexity index is 620. The molecule has 0 saturated heterocycles. The summed E-state index contributed by atoms with van der Waals surface area (Å²) in [6, 6.07) is 5.65. The number of H-pyrrole nitrogens is 2. The summed E-state index contributed by atoms with van der Waals surface area (Å²) in [6.45, 7) is 2.28. The van der Waals surface area contributed by atoms with Crippen molar-refractivity contribution in [3.63, 3.8) is 0 Å². The van der Waals surface area contributed by atoms with Gasteiger partial charge < -0.3 is 15.1 Å². The van der Waals surface area contributed by atoms with Gasteiger partial charge >= 0.3 is 5.69 Å². The smallest absolute Gasteiger partial charge is 0.323 e. The van der Waals surface area contributed by atoms with E-state index in [9.17, 15) is 9.90 Å². The Hall–Kier alpha value is -1.55. The van der Waals surface area contributed by atoms with Gasteiger partial charge in [0, 0.05) is 0 Å². The Kier molecular flexibility index (Phi) is 3.19. The molecule has 1 aromatic heterocycles. The summed E-state index contributed by atoms with van der Waals surface area (Å²) in [5.41, 5.74) is 2.26. The van der Waals surface area contributed by atoms with Crippen LogP contribution in [-0.2, 0) is 0 Å². The third kappa shape index (κ3) is 2.45. The molecule has 19 heavy (non-hydrogen) atoms. The molecular formula is C15H20N2O2. The number of aliphatic hydroxyl groups is 1. The highest BCUT2D eigenvalue weighted by Crippen LogP contribution is 2.36. The van der Waals surface area contributed by atoms with Crippen LogP contribution in [0.25, 0.3) is 11.0 Å². The van der Waals surface area contributed by atoms with Gasteiger partial charge in [0.2, 0.25) is 0 Å². The molecule has 2 aromatic rings. The number of hydrogen-bond acceptors (Lipinski definition) is 2. The Morgan fingerprint density at radius 3 is 2.58 bits per heavy atom. The van der Waals surface area contributed by atoms with E-state index in [0.717, 1.165) is 35.4 Å². The summed E-state index contributed by atoms with van der Waals surface area (Å²) in [7, 11) is 0. The fraction of sp³-hybridized carbons (Fsp3) is 0.533. The van der Waals surface area contributed by atoms with Gasteiger partial charge in [0.1, 0.15) is 0 Å². The number of nitrogens with one attached hydrogen (secondary N) is 2. The van der Waals surface area contributed by atoms with Gasteiger partial charge in [0.05, 0.1) is 17.1 Å². The maximum atomic E-state index is 11.2. The van der Waals surface area contributed by atoms with Crippen molar-refractivity contribution in [2.45, 2.75) is 38.7 Å². The third-order valence-electron chi connectivity index (χ3n) is 4.39. The average Bonchev–Trinajstić information content (AvgIpc) is 2.77. The summed E-state index contributed by atoms with van der Waals surface area (Å²) < 4.78 is 0. The van der Waals surface area contributed by atoms with E-state index in [4.69, 9.17) is 0 Å². The van der Waals surface area contributed by atoms with Crippen molar-refractivity contribution in [1.29, 1.82) is 0 Å². The van der Waals surface area contributed by atoms with Gasteiger partial charge in [0.25, 0.3) is 0 Å². The van der Waals surface area contributed by atoms with E-state index in [0.29, 0.717) is 5.92 Å². The van der Waals surface area contributed by atoms with Crippen LogP contribution in [0, 0.1) is 11.8 Å². The first-order chi connectivity index (χ1) is 9.13. The minimum Gasteiger partial charge on any atom is -0.388 e. The van der Waals surface area contributed by atoms with Crippen molar-refractivity contribution in [2.24, 2.45) is 11.8 Å². The standard InChI is InChI=1S/C15H20N2O2/c1-9-2-4-10(5-3-9)14(18)11-6-7-12-13(8-11)17-15(19)16-12/h6-10,14,18H,2-5H2,1H3,(H2,16,17,19). The van der Waals surface area contributed by atoms with Crippen molar-refractivity contribution in [2.75, 3.05) is 0 Å². The molecule has 4 heteroatoms. The lowest BCUT2D eigenvalue weighted by molar-refractivity contribution is 0.0756. The summed E-state index contributed by atoms with van der Waals surface area (Å²) in [6.07, 6.45) is 4.15. The molecule has 1 aliphatic carbocycles. The monoisotopic (exact) mass is 260 g/mol. The highest BCUT2D eigenvalue weighted by Gasteiger charge is 2.25. The van der Waals surface area contributed by atoms with Crippen molar-refractivity contribution in [3.05, 3.63) is 34.2 Å². The molecule has 3 rings (SSSR count). The number of aromatic amines is 2. The zero-order valence-corrected chi connectivity index (χ0v) is 11.1. The van der Waals surface area contributed by atoms with E-state index in [1.807, 2.05) is 18.2 Å². The Labute approximate surface area is 111 Å². The summed E-state index contributed by atoms with van der Waals surface area (Å²) in [4.78, 5) is 16.7. The molecule has 1 saturated carbocycles. The predicted octanol–water partition coefficient (Wildman–Crippen LogP) is 2.72. The Morgan fingerprint density at radius 1 is 1.16 bits per heavy atom. The zero-order valence-electron chi connectivity index (χ0n) is 11.1. The van der Waals surface area contributed by atoms with Crippen LogP contribution in [0.5, 0.6) is 0 Å². The minimum atomic E-state index is -0.421. The third-order valence-corrected chi connectivity index (χ3v) is 4.39. The van der Waals surface area contributed by atoms with Gasteiger partial charge in [-0.2, -0.15) is 0 Å². The van der Waals surface area contributed by atoms with Gasteiger partial charge in [-0.15, -0.1) is 0 Å². The maximum absolute atomic E-state index is 11.2. The normalized spacial score (nSPS) is 25.6.